The monoisotopic (exact) mass is 342 g/mol. The third kappa shape index (κ3) is 2.99. The van der Waals surface area contributed by atoms with E-state index in [2.05, 4.69) is 91.0 Å². The van der Waals surface area contributed by atoms with Crippen LogP contribution in [0.1, 0.15) is 12.8 Å². The molecule has 1 saturated heterocycles. The minimum atomic E-state index is -2.25. The first-order valence-electron chi connectivity index (χ1n) is 9.20. The van der Waals surface area contributed by atoms with E-state index >= 15 is 0 Å². The maximum Gasteiger partial charge on any atom is 0.295 e. The van der Waals surface area contributed by atoms with Crippen molar-refractivity contribution >= 4 is 30.0 Å². The first-order chi connectivity index (χ1) is 12.4. The van der Waals surface area contributed by atoms with Crippen molar-refractivity contribution in [2.75, 3.05) is 6.61 Å². The molecule has 0 atom stereocenters. The minimum Gasteiger partial charge on any atom is -0.437 e. The van der Waals surface area contributed by atoms with Gasteiger partial charge in [0.05, 0.1) is 0 Å². The Balaban J connectivity index is 2.01. The molecule has 1 aliphatic rings. The van der Waals surface area contributed by atoms with Crippen LogP contribution in [0, 0.1) is 0 Å². The van der Waals surface area contributed by atoms with E-state index in [4.69, 9.17) is 4.65 Å². The van der Waals surface area contributed by atoms with Gasteiger partial charge in [0.2, 0.25) is 0 Å². The van der Waals surface area contributed by atoms with Crippen molar-refractivity contribution in [1.29, 1.82) is 0 Å². The van der Waals surface area contributed by atoms with E-state index in [1.165, 1.54) is 28.4 Å². The molecular formula is C22H23BOSi. The van der Waals surface area contributed by atoms with Crippen LogP contribution in [0.4, 0.5) is 0 Å². The van der Waals surface area contributed by atoms with Crippen LogP contribution < -0.4 is 15.6 Å². The molecule has 1 aliphatic heterocycles. The summed E-state index contributed by atoms with van der Waals surface area (Å²) in [6, 6.07) is 33.2. The summed E-state index contributed by atoms with van der Waals surface area (Å²) in [4.78, 5) is 0. The molecular weight excluding hydrogens is 319 g/mol. The van der Waals surface area contributed by atoms with E-state index in [1.807, 2.05) is 0 Å². The largest absolute Gasteiger partial charge is 0.437 e. The lowest BCUT2D eigenvalue weighted by molar-refractivity contribution is 0.297. The van der Waals surface area contributed by atoms with Gasteiger partial charge < -0.3 is 4.65 Å². The molecule has 25 heavy (non-hydrogen) atoms. The Hall–Kier alpha value is -2.10. The van der Waals surface area contributed by atoms with Crippen LogP contribution in [0.25, 0.3) is 0 Å². The quantitative estimate of drug-likeness (QED) is 0.523. The molecule has 0 saturated carbocycles. The van der Waals surface area contributed by atoms with Gasteiger partial charge in [-0.25, -0.2) is 0 Å². The fraction of sp³-hybridized carbons (Fsp3) is 0.182. The average molecular weight is 342 g/mol. The Morgan fingerprint density at radius 2 is 1.04 bits per heavy atom. The molecule has 0 bridgehead atoms. The SMILES string of the molecule is c1ccc([Si](B2CCCCO2)(c2ccccc2)c2ccccc2)cc1. The Morgan fingerprint density at radius 1 is 0.600 bits per heavy atom. The Bertz CT molecular complexity index is 689. The second kappa shape index (κ2) is 7.42. The van der Waals surface area contributed by atoms with E-state index in [0.29, 0.717) is 0 Å². The highest BCUT2D eigenvalue weighted by molar-refractivity contribution is 7.48. The molecule has 0 spiro atoms. The zero-order chi connectivity index (χ0) is 17.0. The van der Waals surface area contributed by atoms with Crippen LogP contribution in [0.3, 0.4) is 0 Å². The summed E-state index contributed by atoms with van der Waals surface area (Å²) in [5, 5.41) is 4.33. The van der Waals surface area contributed by atoms with Crippen molar-refractivity contribution < 1.29 is 4.65 Å². The predicted molar refractivity (Wildman–Crippen MR) is 110 cm³/mol. The number of benzene rings is 3. The van der Waals surface area contributed by atoms with Gasteiger partial charge in [0, 0.05) is 6.61 Å². The Morgan fingerprint density at radius 3 is 1.40 bits per heavy atom. The predicted octanol–water partition coefficient (Wildman–Crippen LogP) is 3.04. The highest BCUT2D eigenvalue weighted by atomic mass is 28.3. The summed E-state index contributed by atoms with van der Waals surface area (Å²) in [6.07, 6.45) is 3.58. The maximum atomic E-state index is 6.47. The highest BCUT2D eigenvalue weighted by Crippen LogP contribution is 2.21. The third-order valence-corrected chi connectivity index (χ3v) is 10.5. The molecule has 1 fully saturated rings. The molecule has 3 aromatic rings. The molecule has 4 rings (SSSR count). The summed E-state index contributed by atoms with van der Waals surface area (Å²) in [5.41, 5.74) is 0. The zero-order valence-electron chi connectivity index (χ0n) is 14.5. The zero-order valence-corrected chi connectivity index (χ0v) is 15.5. The minimum absolute atomic E-state index is 0.286. The van der Waals surface area contributed by atoms with Crippen LogP contribution >= 0.6 is 0 Å². The lowest BCUT2D eigenvalue weighted by Gasteiger charge is -2.39. The van der Waals surface area contributed by atoms with Crippen molar-refractivity contribution in [2.45, 2.75) is 19.2 Å². The molecule has 0 unspecified atom stereocenters. The van der Waals surface area contributed by atoms with Crippen molar-refractivity contribution in [1.82, 2.24) is 0 Å². The van der Waals surface area contributed by atoms with Crippen molar-refractivity contribution in [3.8, 4) is 0 Å². The summed E-state index contributed by atoms with van der Waals surface area (Å²) >= 11 is 0. The van der Waals surface area contributed by atoms with Gasteiger partial charge >= 0.3 is 0 Å². The van der Waals surface area contributed by atoms with Crippen LogP contribution in [0.2, 0.25) is 6.32 Å². The van der Waals surface area contributed by atoms with Gasteiger partial charge in [0.25, 0.3) is 6.51 Å². The Labute approximate surface area is 151 Å². The van der Waals surface area contributed by atoms with E-state index < -0.39 is 7.94 Å². The molecule has 0 N–H and O–H groups in total. The van der Waals surface area contributed by atoms with E-state index in [1.54, 1.807) is 0 Å². The summed E-state index contributed by atoms with van der Waals surface area (Å²) in [5.74, 6) is 0. The van der Waals surface area contributed by atoms with Crippen molar-refractivity contribution in [3.63, 3.8) is 0 Å². The molecule has 0 aromatic heterocycles. The van der Waals surface area contributed by atoms with Crippen LogP contribution in [0.15, 0.2) is 91.0 Å². The molecule has 124 valence electrons. The van der Waals surface area contributed by atoms with Crippen molar-refractivity contribution in [3.05, 3.63) is 91.0 Å². The summed E-state index contributed by atoms with van der Waals surface area (Å²) in [6.45, 7) is 1.17. The lowest BCUT2D eigenvalue weighted by atomic mass is 9.86. The standard InChI is InChI=1S/C22H23BOSi/c1-4-12-20(13-5-1)25(21-14-6-2-7-15-21,22-16-8-3-9-17-22)23-18-10-11-19-24-23/h1-9,12-17H,10-11,18-19H2. The fourth-order valence-electron chi connectivity index (χ4n) is 4.24. The summed E-state index contributed by atoms with van der Waals surface area (Å²) in [7, 11) is -2.25. The molecule has 1 heterocycles. The topological polar surface area (TPSA) is 9.23 Å². The number of rotatable bonds is 4. The van der Waals surface area contributed by atoms with Gasteiger partial charge in [-0.15, -0.1) is 0 Å². The molecule has 3 heteroatoms. The molecule has 0 aliphatic carbocycles. The van der Waals surface area contributed by atoms with Crippen molar-refractivity contribution in [2.24, 2.45) is 0 Å². The van der Waals surface area contributed by atoms with Gasteiger partial charge in [-0.3, -0.25) is 0 Å². The summed E-state index contributed by atoms with van der Waals surface area (Å²) < 4.78 is 6.47. The lowest BCUT2D eigenvalue weighted by Crippen LogP contribution is -2.77. The first-order valence-corrected chi connectivity index (χ1v) is 11.3. The van der Waals surface area contributed by atoms with Gasteiger partial charge in [-0.05, 0) is 12.7 Å². The van der Waals surface area contributed by atoms with E-state index in [0.717, 1.165) is 12.9 Å². The van der Waals surface area contributed by atoms with Crippen LogP contribution in [0.5, 0.6) is 0 Å². The number of hydrogen-bond donors (Lipinski definition) is 0. The maximum absolute atomic E-state index is 6.47. The van der Waals surface area contributed by atoms with Crippen LogP contribution in [-0.2, 0) is 4.65 Å². The molecule has 0 radical (unpaired) electrons. The third-order valence-electron chi connectivity index (χ3n) is 5.35. The van der Waals surface area contributed by atoms with Gasteiger partial charge in [0.1, 0.15) is 0 Å². The van der Waals surface area contributed by atoms with Gasteiger partial charge in [-0.1, -0.05) is 113 Å². The fourth-order valence-corrected chi connectivity index (χ4v) is 9.52. The number of hydrogen-bond acceptors (Lipinski definition) is 1. The van der Waals surface area contributed by atoms with Crippen LogP contribution in [-0.4, -0.2) is 21.1 Å². The highest BCUT2D eigenvalue weighted by Gasteiger charge is 2.50. The van der Waals surface area contributed by atoms with Gasteiger partial charge in [-0.2, -0.15) is 0 Å². The van der Waals surface area contributed by atoms with Gasteiger partial charge in [0.15, 0.2) is 7.94 Å². The van der Waals surface area contributed by atoms with E-state index in [9.17, 15) is 0 Å². The first kappa shape index (κ1) is 16.4. The molecule has 3 aromatic carbocycles. The second-order valence-corrected chi connectivity index (χ2v) is 10.8. The molecule has 0 amide bonds. The smallest absolute Gasteiger partial charge is 0.295 e. The Kier molecular flexibility index (Phi) is 4.86. The normalized spacial score (nSPS) is 15.1. The second-order valence-electron chi connectivity index (χ2n) is 6.76. The van der Waals surface area contributed by atoms with E-state index in [-0.39, 0.29) is 6.51 Å². The average Bonchev–Trinajstić information content (AvgIpc) is 2.72. The molecule has 1 nitrogen and oxygen atoms in total.